The molecule has 0 radical (unpaired) electrons. The van der Waals surface area contributed by atoms with Gasteiger partial charge in [0.05, 0.1) is 0 Å². The summed E-state index contributed by atoms with van der Waals surface area (Å²) in [6.07, 6.45) is -0.577. The van der Waals surface area contributed by atoms with Crippen molar-refractivity contribution in [1.29, 1.82) is 0 Å². The summed E-state index contributed by atoms with van der Waals surface area (Å²) in [6, 6.07) is 0. The van der Waals surface area contributed by atoms with E-state index in [0.29, 0.717) is 0 Å². The topological polar surface area (TPSA) is 128 Å². The zero-order valence-electron chi connectivity index (χ0n) is 5.33. The first-order valence-corrected chi connectivity index (χ1v) is 2.72. The minimum atomic E-state index is -0.577. The third-order valence-electron chi connectivity index (χ3n) is 1.15. The van der Waals surface area contributed by atoms with E-state index >= 15 is 0 Å². The Morgan fingerprint density at radius 3 is 2.40 bits per heavy atom. The summed E-state index contributed by atoms with van der Waals surface area (Å²) in [5.74, 6) is 0.462. The van der Waals surface area contributed by atoms with Gasteiger partial charge in [-0.1, -0.05) is 0 Å². The molecule has 0 aromatic heterocycles. The molecule has 0 aliphatic carbocycles. The van der Waals surface area contributed by atoms with Crippen LogP contribution in [0.25, 0.3) is 0 Å². The van der Waals surface area contributed by atoms with Gasteiger partial charge in [0.1, 0.15) is 17.4 Å². The lowest BCUT2D eigenvalue weighted by Crippen LogP contribution is -2.46. The lowest BCUT2D eigenvalue weighted by molar-refractivity contribution is 0.595. The molecule has 1 rings (SSSR count). The van der Waals surface area contributed by atoms with E-state index in [1.54, 1.807) is 0 Å². The Labute approximate surface area is 57.9 Å². The molecule has 1 heterocycles. The van der Waals surface area contributed by atoms with E-state index in [-0.39, 0.29) is 17.4 Å². The first-order valence-electron chi connectivity index (χ1n) is 2.72. The van der Waals surface area contributed by atoms with Crippen molar-refractivity contribution >= 4 is 5.84 Å². The van der Waals surface area contributed by atoms with Crippen LogP contribution >= 0.6 is 0 Å². The van der Waals surface area contributed by atoms with E-state index in [2.05, 4.69) is 10.3 Å². The molecule has 6 nitrogen and oxygen atoms in total. The molecule has 1 aliphatic heterocycles. The van der Waals surface area contributed by atoms with E-state index in [1.165, 1.54) is 0 Å². The molecule has 6 heteroatoms. The fourth-order valence-corrected chi connectivity index (χ4v) is 0.627. The largest absolute Gasteiger partial charge is 0.393 e. The van der Waals surface area contributed by atoms with Gasteiger partial charge in [0, 0.05) is 0 Å². The van der Waals surface area contributed by atoms with Crippen LogP contribution in [0.1, 0.15) is 0 Å². The van der Waals surface area contributed by atoms with Gasteiger partial charge >= 0.3 is 0 Å². The van der Waals surface area contributed by atoms with Gasteiger partial charge in [-0.05, 0) is 0 Å². The van der Waals surface area contributed by atoms with Crippen molar-refractivity contribution in [3.8, 4) is 0 Å². The molecule has 0 amide bonds. The van der Waals surface area contributed by atoms with Crippen LogP contribution in [0, 0.1) is 0 Å². The summed E-state index contributed by atoms with van der Waals surface area (Å²) in [5.41, 5.74) is 21.6. The number of aliphatic imine (C=N–C) groups is 1. The third-order valence-corrected chi connectivity index (χ3v) is 1.15. The zero-order valence-corrected chi connectivity index (χ0v) is 5.33. The number of hydrogen-bond donors (Lipinski definition) is 5. The van der Waals surface area contributed by atoms with Crippen LogP contribution in [-0.2, 0) is 0 Å². The van der Waals surface area contributed by atoms with Gasteiger partial charge in [0.25, 0.3) is 0 Å². The lowest BCUT2D eigenvalue weighted by atomic mass is 10.3. The first kappa shape index (κ1) is 6.69. The molecule has 0 aromatic rings. The van der Waals surface area contributed by atoms with E-state index < -0.39 is 6.29 Å². The maximum Gasteiger partial charge on any atom is 0.174 e. The van der Waals surface area contributed by atoms with Crippen molar-refractivity contribution in [2.24, 2.45) is 27.9 Å². The van der Waals surface area contributed by atoms with Gasteiger partial charge < -0.3 is 22.5 Å². The van der Waals surface area contributed by atoms with Crippen LogP contribution in [-0.4, -0.2) is 12.1 Å². The van der Waals surface area contributed by atoms with Crippen LogP contribution in [0.3, 0.4) is 0 Å². The predicted octanol–water partition coefficient (Wildman–Crippen LogP) is -2.72. The molecular weight excluding hydrogens is 132 g/mol. The summed E-state index contributed by atoms with van der Waals surface area (Å²) in [4.78, 5) is 3.71. The molecule has 1 aliphatic rings. The van der Waals surface area contributed by atoms with Crippen LogP contribution in [0.2, 0.25) is 0 Å². The fourth-order valence-electron chi connectivity index (χ4n) is 0.627. The normalized spacial score (nSPS) is 25.7. The standard InChI is InChI=1S/C4H10N6/c5-1-2(6)9-4(8)10-3(1)7/h4,9H,5-6,8H2,(H2,7,10). The van der Waals surface area contributed by atoms with Crippen molar-refractivity contribution in [3.63, 3.8) is 0 Å². The molecule has 1 unspecified atom stereocenters. The Balaban J connectivity index is 2.90. The Kier molecular flexibility index (Phi) is 1.38. The molecule has 0 saturated carbocycles. The quantitative estimate of drug-likeness (QED) is 0.251. The molecule has 1 atom stereocenters. The minimum absolute atomic E-state index is 0.184. The van der Waals surface area contributed by atoms with Gasteiger partial charge in [-0.25, -0.2) is 4.99 Å². The number of nitrogens with zero attached hydrogens (tertiary/aromatic N) is 1. The third kappa shape index (κ3) is 0.960. The van der Waals surface area contributed by atoms with Crippen molar-refractivity contribution in [2.45, 2.75) is 6.29 Å². The highest BCUT2D eigenvalue weighted by atomic mass is 15.3. The Hall–Kier alpha value is -1.43. The summed E-state index contributed by atoms with van der Waals surface area (Å²) in [6.45, 7) is 0. The molecule has 9 N–H and O–H groups in total. The summed E-state index contributed by atoms with van der Waals surface area (Å²) in [7, 11) is 0. The second-order valence-corrected chi connectivity index (χ2v) is 1.93. The van der Waals surface area contributed by atoms with Gasteiger partial charge in [-0.3, -0.25) is 5.73 Å². The van der Waals surface area contributed by atoms with Crippen molar-refractivity contribution in [2.75, 3.05) is 0 Å². The maximum atomic E-state index is 5.36. The van der Waals surface area contributed by atoms with Gasteiger partial charge in [-0.2, -0.15) is 0 Å². The number of nitrogens with two attached hydrogens (primary N) is 4. The average molecular weight is 142 g/mol. The molecule has 0 aromatic carbocycles. The molecule has 0 fully saturated rings. The highest BCUT2D eigenvalue weighted by Gasteiger charge is 2.12. The molecule has 0 bridgehead atoms. The minimum Gasteiger partial charge on any atom is -0.393 e. The summed E-state index contributed by atoms with van der Waals surface area (Å²) in [5, 5.41) is 2.60. The van der Waals surface area contributed by atoms with E-state index in [4.69, 9.17) is 22.9 Å². The van der Waals surface area contributed by atoms with Crippen LogP contribution in [0.15, 0.2) is 16.5 Å². The molecular formula is C4H10N6. The monoisotopic (exact) mass is 142 g/mol. The van der Waals surface area contributed by atoms with Crippen molar-refractivity contribution < 1.29 is 0 Å². The first-order chi connectivity index (χ1) is 4.61. The number of amidine groups is 1. The molecule has 10 heavy (non-hydrogen) atoms. The number of nitrogens with one attached hydrogen (secondary N) is 1. The number of hydrogen-bond acceptors (Lipinski definition) is 6. The average Bonchev–Trinajstić information content (AvgIpc) is 1.82. The molecule has 0 saturated heterocycles. The second-order valence-electron chi connectivity index (χ2n) is 1.93. The number of rotatable bonds is 0. The van der Waals surface area contributed by atoms with Crippen molar-refractivity contribution in [3.05, 3.63) is 11.5 Å². The summed E-state index contributed by atoms with van der Waals surface area (Å²) >= 11 is 0. The predicted molar refractivity (Wildman–Crippen MR) is 38.1 cm³/mol. The van der Waals surface area contributed by atoms with Gasteiger partial charge in [0.15, 0.2) is 6.29 Å². The van der Waals surface area contributed by atoms with E-state index in [1.807, 2.05) is 0 Å². The van der Waals surface area contributed by atoms with Gasteiger partial charge in [-0.15, -0.1) is 0 Å². The Bertz CT molecular complexity index is 204. The van der Waals surface area contributed by atoms with Crippen LogP contribution in [0.4, 0.5) is 0 Å². The van der Waals surface area contributed by atoms with Crippen LogP contribution in [0.5, 0.6) is 0 Å². The smallest absolute Gasteiger partial charge is 0.174 e. The highest BCUT2D eigenvalue weighted by Crippen LogP contribution is 1.96. The highest BCUT2D eigenvalue weighted by molar-refractivity contribution is 5.97. The lowest BCUT2D eigenvalue weighted by Gasteiger charge is -2.18. The van der Waals surface area contributed by atoms with Gasteiger partial charge in [0.2, 0.25) is 0 Å². The zero-order chi connectivity index (χ0) is 7.72. The maximum absolute atomic E-state index is 5.36. The van der Waals surface area contributed by atoms with E-state index in [0.717, 1.165) is 0 Å². The van der Waals surface area contributed by atoms with Crippen LogP contribution < -0.4 is 28.3 Å². The van der Waals surface area contributed by atoms with Crippen molar-refractivity contribution in [1.82, 2.24) is 5.32 Å². The fraction of sp³-hybridized carbons (Fsp3) is 0.250. The SMILES string of the molecule is NC1=NC(N)NC(N)=C1N. The second kappa shape index (κ2) is 2.07. The molecule has 0 spiro atoms. The Morgan fingerprint density at radius 1 is 1.30 bits per heavy atom. The Morgan fingerprint density at radius 2 is 1.90 bits per heavy atom. The van der Waals surface area contributed by atoms with E-state index in [9.17, 15) is 0 Å². The summed E-state index contributed by atoms with van der Waals surface area (Å²) < 4.78 is 0. The molecule has 56 valence electrons.